The van der Waals surface area contributed by atoms with Crippen LogP contribution in [0.15, 0.2) is 18.2 Å². The molecular formula is C10H12ClNO. The third kappa shape index (κ3) is 1.79. The van der Waals surface area contributed by atoms with E-state index in [2.05, 4.69) is 5.32 Å². The molecule has 13 heavy (non-hydrogen) atoms. The van der Waals surface area contributed by atoms with Crippen LogP contribution in [0.4, 0.5) is 5.69 Å². The number of anilines is 1. The highest BCUT2D eigenvalue weighted by atomic mass is 35.5. The second-order valence-corrected chi connectivity index (χ2v) is 3.75. The first-order chi connectivity index (χ1) is 6.27. The van der Waals surface area contributed by atoms with E-state index in [1.54, 1.807) is 0 Å². The van der Waals surface area contributed by atoms with E-state index < -0.39 is 0 Å². The van der Waals surface area contributed by atoms with Gasteiger partial charge in [-0.05, 0) is 31.0 Å². The number of halogens is 1. The van der Waals surface area contributed by atoms with Crippen LogP contribution in [0.25, 0.3) is 0 Å². The topological polar surface area (TPSA) is 32.3 Å². The molecule has 1 heterocycles. The standard InChI is InChI=1S/C10H12ClNO/c11-7-3-4-9-8(6-7)10(13)2-1-5-12-9/h3-4,6,10,12-13H,1-2,5H2/t10-/m1/s1. The Hall–Kier alpha value is -0.730. The van der Waals surface area contributed by atoms with E-state index in [0.717, 1.165) is 30.6 Å². The normalized spacial score (nSPS) is 21.5. The van der Waals surface area contributed by atoms with Crippen molar-refractivity contribution in [2.75, 3.05) is 11.9 Å². The molecule has 1 aliphatic rings. The van der Waals surface area contributed by atoms with E-state index >= 15 is 0 Å². The lowest BCUT2D eigenvalue weighted by molar-refractivity contribution is 0.168. The van der Waals surface area contributed by atoms with Crippen LogP contribution in [-0.4, -0.2) is 11.7 Å². The van der Waals surface area contributed by atoms with Gasteiger partial charge in [-0.25, -0.2) is 0 Å². The lowest BCUT2D eigenvalue weighted by Gasteiger charge is -2.11. The van der Waals surface area contributed by atoms with Crippen LogP contribution in [0.1, 0.15) is 24.5 Å². The van der Waals surface area contributed by atoms with Crippen molar-refractivity contribution in [2.24, 2.45) is 0 Å². The number of aliphatic hydroxyl groups is 1. The smallest absolute Gasteiger partial charge is 0.0811 e. The molecule has 2 nitrogen and oxygen atoms in total. The molecule has 1 aromatic carbocycles. The Morgan fingerprint density at radius 2 is 2.31 bits per heavy atom. The Morgan fingerprint density at radius 3 is 3.15 bits per heavy atom. The van der Waals surface area contributed by atoms with Crippen molar-refractivity contribution < 1.29 is 5.11 Å². The van der Waals surface area contributed by atoms with Crippen LogP contribution in [0, 0.1) is 0 Å². The van der Waals surface area contributed by atoms with Gasteiger partial charge in [0, 0.05) is 22.8 Å². The first-order valence-corrected chi connectivity index (χ1v) is 4.86. The highest BCUT2D eigenvalue weighted by Crippen LogP contribution is 2.31. The van der Waals surface area contributed by atoms with Crippen molar-refractivity contribution in [1.82, 2.24) is 0 Å². The molecule has 0 unspecified atom stereocenters. The summed E-state index contributed by atoms with van der Waals surface area (Å²) in [6.45, 7) is 0.922. The van der Waals surface area contributed by atoms with E-state index in [4.69, 9.17) is 11.6 Å². The van der Waals surface area contributed by atoms with Crippen LogP contribution in [-0.2, 0) is 0 Å². The molecule has 1 aromatic rings. The van der Waals surface area contributed by atoms with Crippen LogP contribution < -0.4 is 5.32 Å². The fraction of sp³-hybridized carbons (Fsp3) is 0.400. The van der Waals surface area contributed by atoms with Gasteiger partial charge in [-0.2, -0.15) is 0 Å². The Bertz CT molecular complexity index is 314. The Labute approximate surface area is 82.5 Å². The zero-order valence-corrected chi connectivity index (χ0v) is 8.01. The number of benzene rings is 1. The molecule has 0 radical (unpaired) electrons. The summed E-state index contributed by atoms with van der Waals surface area (Å²) in [4.78, 5) is 0. The molecule has 0 spiro atoms. The van der Waals surface area contributed by atoms with E-state index in [1.807, 2.05) is 18.2 Å². The number of hydrogen-bond acceptors (Lipinski definition) is 2. The Balaban J connectivity index is 2.43. The average Bonchev–Trinajstić information content (AvgIpc) is 2.29. The zero-order valence-electron chi connectivity index (χ0n) is 7.26. The molecule has 0 fully saturated rings. The van der Waals surface area contributed by atoms with Gasteiger partial charge in [0.15, 0.2) is 0 Å². The van der Waals surface area contributed by atoms with E-state index in [1.165, 1.54) is 0 Å². The first-order valence-electron chi connectivity index (χ1n) is 4.49. The predicted octanol–water partition coefficient (Wildman–Crippen LogP) is 2.58. The molecule has 2 rings (SSSR count). The zero-order chi connectivity index (χ0) is 9.26. The number of fused-ring (bicyclic) bond motifs is 1. The molecule has 3 heteroatoms. The Kier molecular flexibility index (Phi) is 2.42. The minimum Gasteiger partial charge on any atom is -0.388 e. The van der Waals surface area contributed by atoms with Gasteiger partial charge in [-0.1, -0.05) is 11.6 Å². The minimum absolute atomic E-state index is 0.372. The van der Waals surface area contributed by atoms with Gasteiger partial charge in [0.2, 0.25) is 0 Å². The van der Waals surface area contributed by atoms with Crippen molar-refractivity contribution >= 4 is 17.3 Å². The van der Waals surface area contributed by atoms with Crippen molar-refractivity contribution in [2.45, 2.75) is 18.9 Å². The third-order valence-corrected chi connectivity index (χ3v) is 2.58. The van der Waals surface area contributed by atoms with Gasteiger partial charge in [-0.3, -0.25) is 0 Å². The molecule has 70 valence electrons. The Morgan fingerprint density at radius 1 is 1.46 bits per heavy atom. The maximum Gasteiger partial charge on any atom is 0.0811 e. The van der Waals surface area contributed by atoms with Crippen molar-refractivity contribution in [3.63, 3.8) is 0 Å². The summed E-state index contributed by atoms with van der Waals surface area (Å²) in [5.41, 5.74) is 1.93. The second-order valence-electron chi connectivity index (χ2n) is 3.32. The molecule has 0 bridgehead atoms. The summed E-state index contributed by atoms with van der Waals surface area (Å²) >= 11 is 5.86. The molecule has 2 N–H and O–H groups in total. The van der Waals surface area contributed by atoms with Gasteiger partial charge < -0.3 is 10.4 Å². The van der Waals surface area contributed by atoms with Crippen molar-refractivity contribution in [3.8, 4) is 0 Å². The predicted molar refractivity (Wildman–Crippen MR) is 54.1 cm³/mol. The average molecular weight is 198 g/mol. The van der Waals surface area contributed by atoms with Crippen molar-refractivity contribution in [3.05, 3.63) is 28.8 Å². The largest absolute Gasteiger partial charge is 0.388 e. The van der Waals surface area contributed by atoms with Crippen LogP contribution in [0.3, 0.4) is 0 Å². The van der Waals surface area contributed by atoms with Crippen LogP contribution >= 0.6 is 11.6 Å². The molecule has 0 aliphatic carbocycles. The molecule has 1 atom stereocenters. The summed E-state index contributed by atoms with van der Waals surface area (Å²) in [5.74, 6) is 0. The molecule has 1 aliphatic heterocycles. The van der Waals surface area contributed by atoms with Crippen LogP contribution in [0.2, 0.25) is 5.02 Å². The first kappa shape index (κ1) is 8.85. The van der Waals surface area contributed by atoms with Gasteiger partial charge >= 0.3 is 0 Å². The molecule has 0 saturated carbocycles. The highest BCUT2D eigenvalue weighted by molar-refractivity contribution is 6.30. The van der Waals surface area contributed by atoms with Crippen LogP contribution in [0.5, 0.6) is 0 Å². The van der Waals surface area contributed by atoms with Crippen molar-refractivity contribution in [1.29, 1.82) is 0 Å². The van der Waals surface area contributed by atoms with Gasteiger partial charge in [-0.15, -0.1) is 0 Å². The third-order valence-electron chi connectivity index (χ3n) is 2.34. The van der Waals surface area contributed by atoms with E-state index in [-0.39, 0.29) is 6.10 Å². The fourth-order valence-corrected chi connectivity index (χ4v) is 1.82. The monoisotopic (exact) mass is 197 g/mol. The van der Waals surface area contributed by atoms with E-state index in [0.29, 0.717) is 5.02 Å². The minimum atomic E-state index is -0.372. The van der Waals surface area contributed by atoms with Gasteiger partial charge in [0.05, 0.1) is 6.10 Å². The number of aliphatic hydroxyl groups excluding tert-OH is 1. The van der Waals surface area contributed by atoms with Gasteiger partial charge in [0.1, 0.15) is 0 Å². The maximum atomic E-state index is 9.77. The molecule has 0 amide bonds. The SMILES string of the molecule is O[C@@H]1CCCNc2ccc(Cl)cc21. The summed E-state index contributed by atoms with van der Waals surface area (Å²) in [5, 5.41) is 13.7. The lowest BCUT2D eigenvalue weighted by atomic mass is 10.1. The second kappa shape index (κ2) is 3.56. The molecular weight excluding hydrogens is 186 g/mol. The lowest BCUT2D eigenvalue weighted by Crippen LogP contribution is -1.99. The quantitative estimate of drug-likeness (QED) is 0.670. The summed E-state index contributed by atoms with van der Waals surface area (Å²) in [7, 11) is 0. The number of rotatable bonds is 0. The summed E-state index contributed by atoms with van der Waals surface area (Å²) in [6, 6.07) is 5.59. The number of nitrogens with one attached hydrogen (secondary N) is 1. The molecule has 0 saturated heterocycles. The number of hydrogen-bond donors (Lipinski definition) is 2. The summed E-state index contributed by atoms with van der Waals surface area (Å²) in [6.07, 6.45) is 1.43. The summed E-state index contributed by atoms with van der Waals surface area (Å²) < 4.78 is 0. The highest BCUT2D eigenvalue weighted by Gasteiger charge is 2.15. The molecule has 0 aromatic heterocycles. The van der Waals surface area contributed by atoms with E-state index in [9.17, 15) is 5.11 Å². The fourth-order valence-electron chi connectivity index (χ4n) is 1.64. The van der Waals surface area contributed by atoms with Gasteiger partial charge in [0.25, 0.3) is 0 Å². The maximum absolute atomic E-state index is 9.77.